The predicted octanol–water partition coefficient (Wildman–Crippen LogP) is 5.78. The molecule has 0 saturated heterocycles. The molecule has 0 fully saturated rings. The first-order chi connectivity index (χ1) is 17.5. The number of allylic oxidation sites excluding steroid dienone is 1. The third kappa shape index (κ3) is 6.13. The molecule has 0 aliphatic heterocycles. The Kier molecular flexibility index (Phi) is 8.40. The number of anilines is 1. The second-order valence-corrected chi connectivity index (χ2v) is 9.95. The van der Waals surface area contributed by atoms with Crippen LogP contribution in [-0.2, 0) is 11.3 Å². The van der Waals surface area contributed by atoms with Crippen LogP contribution >= 0.6 is 23.1 Å². The highest BCUT2D eigenvalue weighted by Gasteiger charge is 2.20. The number of thiazole rings is 1. The molecular weight excluding hydrogens is 494 g/mol. The number of amides is 1. The van der Waals surface area contributed by atoms with Crippen molar-refractivity contribution in [3.8, 4) is 22.8 Å². The summed E-state index contributed by atoms with van der Waals surface area (Å²) in [7, 11) is 1.62. The van der Waals surface area contributed by atoms with Crippen LogP contribution in [-0.4, -0.2) is 38.5 Å². The van der Waals surface area contributed by atoms with E-state index in [1.807, 2.05) is 73.0 Å². The summed E-state index contributed by atoms with van der Waals surface area (Å²) in [5, 5.41) is 12.7. The van der Waals surface area contributed by atoms with Crippen LogP contribution in [0, 0.1) is 6.92 Å². The Morgan fingerprint density at radius 2 is 1.89 bits per heavy atom. The van der Waals surface area contributed by atoms with E-state index in [-0.39, 0.29) is 17.8 Å². The SMILES string of the molecule is C=CCn1c(SCC(=O)Nc2nc(-c3ccccc3)c(C)s2)nnc1C(C)Oc1ccc(OC)cc1. The lowest BCUT2D eigenvalue weighted by atomic mass is 10.1. The zero-order valence-corrected chi connectivity index (χ0v) is 21.9. The monoisotopic (exact) mass is 521 g/mol. The van der Waals surface area contributed by atoms with Gasteiger partial charge in [-0.3, -0.25) is 9.36 Å². The van der Waals surface area contributed by atoms with Crippen LogP contribution in [0.2, 0.25) is 0 Å². The zero-order valence-electron chi connectivity index (χ0n) is 20.3. The standard InChI is InChI=1S/C26H27N5O3S2/c1-5-15-31-24(17(2)34-21-13-11-20(33-4)12-14-21)29-30-26(31)35-16-22(32)27-25-28-23(18(3)36-25)19-9-7-6-8-10-19/h5-14,17H,1,15-16H2,2-4H3,(H,27,28,32). The number of methoxy groups -OCH3 is 1. The molecule has 8 nitrogen and oxygen atoms in total. The van der Waals surface area contributed by atoms with Crippen molar-refractivity contribution < 1.29 is 14.3 Å². The summed E-state index contributed by atoms with van der Waals surface area (Å²) < 4.78 is 13.1. The average molecular weight is 522 g/mol. The maximum Gasteiger partial charge on any atom is 0.236 e. The van der Waals surface area contributed by atoms with Crippen LogP contribution in [0.4, 0.5) is 5.13 Å². The van der Waals surface area contributed by atoms with E-state index in [0.717, 1.165) is 21.9 Å². The smallest absolute Gasteiger partial charge is 0.236 e. The number of hydrogen-bond acceptors (Lipinski definition) is 8. The van der Waals surface area contributed by atoms with Crippen molar-refractivity contribution in [2.24, 2.45) is 0 Å². The van der Waals surface area contributed by atoms with E-state index in [1.165, 1.54) is 23.1 Å². The first-order valence-electron chi connectivity index (χ1n) is 11.3. The van der Waals surface area contributed by atoms with E-state index in [1.54, 1.807) is 13.2 Å². The Balaban J connectivity index is 1.39. The van der Waals surface area contributed by atoms with Gasteiger partial charge in [0.25, 0.3) is 0 Å². The number of benzene rings is 2. The number of aromatic nitrogens is 4. The molecule has 4 aromatic rings. The Labute approximate surface area is 218 Å². The quantitative estimate of drug-likeness (QED) is 0.198. The van der Waals surface area contributed by atoms with E-state index < -0.39 is 0 Å². The number of nitrogens with zero attached hydrogens (tertiary/aromatic N) is 4. The Hall–Kier alpha value is -3.63. The molecule has 1 N–H and O–H groups in total. The molecule has 2 aromatic heterocycles. The molecule has 2 aromatic carbocycles. The molecule has 186 valence electrons. The molecule has 0 spiro atoms. The average Bonchev–Trinajstić information content (AvgIpc) is 3.46. The topological polar surface area (TPSA) is 91.2 Å². The molecule has 1 amide bonds. The van der Waals surface area contributed by atoms with Gasteiger partial charge in [0, 0.05) is 17.0 Å². The van der Waals surface area contributed by atoms with Crippen molar-refractivity contribution in [2.45, 2.75) is 31.7 Å². The molecule has 1 atom stereocenters. The minimum Gasteiger partial charge on any atom is -0.497 e. The molecule has 10 heteroatoms. The van der Waals surface area contributed by atoms with Gasteiger partial charge in [0.15, 0.2) is 22.2 Å². The van der Waals surface area contributed by atoms with E-state index in [2.05, 4.69) is 27.1 Å². The summed E-state index contributed by atoms with van der Waals surface area (Å²) >= 11 is 2.76. The summed E-state index contributed by atoms with van der Waals surface area (Å²) in [6.07, 6.45) is 1.41. The van der Waals surface area contributed by atoms with E-state index in [4.69, 9.17) is 9.47 Å². The zero-order chi connectivity index (χ0) is 25.5. The first-order valence-corrected chi connectivity index (χ1v) is 13.1. The number of nitrogens with one attached hydrogen (secondary N) is 1. The van der Waals surface area contributed by atoms with E-state index in [9.17, 15) is 4.79 Å². The van der Waals surface area contributed by atoms with Gasteiger partial charge in [-0.2, -0.15) is 0 Å². The number of thioether (sulfide) groups is 1. The third-order valence-corrected chi connectivity index (χ3v) is 7.07. The number of aryl methyl sites for hydroxylation is 1. The Bertz CT molecular complexity index is 1320. The fraction of sp³-hybridized carbons (Fsp3) is 0.231. The minimum absolute atomic E-state index is 0.161. The Morgan fingerprint density at radius 1 is 1.17 bits per heavy atom. The maximum atomic E-state index is 12.7. The fourth-order valence-electron chi connectivity index (χ4n) is 3.52. The van der Waals surface area contributed by atoms with Crippen LogP contribution in [0.25, 0.3) is 11.3 Å². The lowest BCUT2D eigenvalue weighted by molar-refractivity contribution is -0.113. The van der Waals surface area contributed by atoms with Gasteiger partial charge in [-0.05, 0) is 38.1 Å². The number of carbonyl (C=O) groups excluding carboxylic acids is 1. The van der Waals surface area contributed by atoms with Crippen molar-refractivity contribution >= 4 is 34.1 Å². The van der Waals surface area contributed by atoms with Gasteiger partial charge in [-0.1, -0.05) is 48.2 Å². The van der Waals surface area contributed by atoms with E-state index in [0.29, 0.717) is 28.4 Å². The summed E-state index contributed by atoms with van der Waals surface area (Å²) in [6, 6.07) is 17.3. The van der Waals surface area contributed by atoms with Gasteiger partial charge in [0.05, 0.1) is 18.6 Å². The Morgan fingerprint density at radius 3 is 2.58 bits per heavy atom. The fourth-order valence-corrected chi connectivity index (χ4v) is 5.13. The molecule has 1 unspecified atom stereocenters. The minimum atomic E-state index is -0.358. The van der Waals surface area contributed by atoms with Crippen molar-refractivity contribution in [3.63, 3.8) is 0 Å². The number of rotatable bonds is 11. The lowest BCUT2D eigenvalue weighted by Crippen LogP contribution is -2.15. The normalized spacial score (nSPS) is 11.6. The van der Waals surface area contributed by atoms with E-state index >= 15 is 0 Å². The van der Waals surface area contributed by atoms with Crippen molar-refractivity contribution in [1.82, 2.24) is 19.7 Å². The molecule has 0 aliphatic rings. The molecule has 0 bridgehead atoms. The van der Waals surface area contributed by atoms with Crippen LogP contribution in [0.5, 0.6) is 11.5 Å². The highest BCUT2D eigenvalue weighted by Crippen LogP contribution is 2.31. The van der Waals surface area contributed by atoms with Gasteiger partial charge >= 0.3 is 0 Å². The number of carbonyl (C=O) groups is 1. The first kappa shape index (κ1) is 25.5. The molecule has 0 saturated carbocycles. The van der Waals surface area contributed by atoms with Gasteiger partial charge in [-0.15, -0.1) is 28.1 Å². The predicted molar refractivity (Wildman–Crippen MR) is 144 cm³/mol. The van der Waals surface area contributed by atoms with Crippen molar-refractivity contribution in [3.05, 3.63) is 78.0 Å². The highest BCUT2D eigenvalue weighted by molar-refractivity contribution is 7.99. The van der Waals surface area contributed by atoms with Gasteiger partial charge in [-0.25, -0.2) is 4.98 Å². The van der Waals surface area contributed by atoms with Crippen molar-refractivity contribution in [2.75, 3.05) is 18.2 Å². The summed E-state index contributed by atoms with van der Waals surface area (Å²) in [6.45, 7) is 8.24. The summed E-state index contributed by atoms with van der Waals surface area (Å²) in [5.74, 6) is 2.11. The second-order valence-electron chi connectivity index (χ2n) is 7.80. The molecular formula is C26H27N5O3S2. The lowest BCUT2D eigenvalue weighted by Gasteiger charge is -2.16. The maximum absolute atomic E-state index is 12.7. The van der Waals surface area contributed by atoms with Crippen LogP contribution in [0.1, 0.15) is 23.7 Å². The largest absolute Gasteiger partial charge is 0.497 e. The van der Waals surface area contributed by atoms with Crippen molar-refractivity contribution in [1.29, 1.82) is 0 Å². The third-order valence-electron chi connectivity index (χ3n) is 5.22. The molecule has 36 heavy (non-hydrogen) atoms. The van der Waals surface area contributed by atoms with Crippen LogP contribution < -0.4 is 14.8 Å². The molecule has 0 radical (unpaired) electrons. The summed E-state index contributed by atoms with van der Waals surface area (Å²) in [5.41, 5.74) is 1.90. The highest BCUT2D eigenvalue weighted by atomic mass is 32.2. The molecule has 4 rings (SSSR count). The second kappa shape index (κ2) is 11.9. The number of hydrogen-bond donors (Lipinski definition) is 1. The van der Waals surface area contributed by atoms with Gasteiger partial charge in [0.2, 0.25) is 5.91 Å². The van der Waals surface area contributed by atoms with Gasteiger partial charge < -0.3 is 14.8 Å². The van der Waals surface area contributed by atoms with Crippen LogP contribution in [0.3, 0.4) is 0 Å². The molecule has 2 heterocycles. The van der Waals surface area contributed by atoms with Crippen LogP contribution in [0.15, 0.2) is 72.4 Å². The summed E-state index contributed by atoms with van der Waals surface area (Å²) in [4.78, 5) is 18.3. The van der Waals surface area contributed by atoms with Gasteiger partial charge in [0.1, 0.15) is 11.5 Å². The number of ether oxygens (including phenoxy) is 2. The molecule has 0 aliphatic carbocycles.